The van der Waals surface area contributed by atoms with Gasteiger partial charge in [-0.25, -0.2) is 17.7 Å². The average Bonchev–Trinajstić information content (AvgIpc) is 3.24. The minimum atomic E-state index is -3.38. The number of hydrogen-bond donors (Lipinski definition) is 2. The summed E-state index contributed by atoms with van der Waals surface area (Å²) in [5, 5.41) is 8.56. The van der Waals surface area contributed by atoms with Crippen molar-refractivity contribution in [3.8, 4) is 11.3 Å². The van der Waals surface area contributed by atoms with Gasteiger partial charge in [0.2, 0.25) is 20.9 Å². The van der Waals surface area contributed by atoms with E-state index in [1.807, 2.05) is 17.5 Å². The molecular weight excluding hydrogens is 362 g/mol. The SMILES string of the molecule is CC(=O)Nc1ccc(-c2csc3nc(NS(=O)(=O)C4CC4)nn23)cc1. The van der Waals surface area contributed by atoms with Crippen molar-refractivity contribution in [1.82, 2.24) is 14.6 Å². The fraction of sp³-hybridized carbons (Fsp3) is 0.267. The zero-order chi connectivity index (χ0) is 17.6. The Morgan fingerprint density at radius 3 is 2.64 bits per heavy atom. The van der Waals surface area contributed by atoms with Crippen molar-refractivity contribution in [1.29, 1.82) is 0 Å². The smallest absolute Gasteiger partial charge is 0.257 e. The number of benzene rings is 1. The second-order valence-electron chi connectivity index (χ2n) is 5.86. The maximum absolute atomic E-state index is 12.0. The van der Waals surface area contributed by atoms with Gasteiger partial charge in [-0.2, -0.15) is 4.98 Å². The van der Waals surface area contributed by atoms with Crippen LogP contribution in [0.2, 0.25) is 0 Å². The van der Waals surface area contributed by atoms with Gasteiger partial charge in [0, 0.05) is 23.6 Å². The van der Waals surface area contributed by atoms with Crippen LogP contribution < -0.4 is 10.0 Å². The lowest BCUT2D eigenvalue weighted by molar-refractivity contribution is -0.114. The van der Waals surface area contributed by atoms with Gasteiger partial charge < -0.3 is 5.32 Å². The van der Waals surface area contributed by atoms with Crippen LogP contribution >= 0.6 is 11.3 Å². The van der Waals surface area contributed by atoms with Crippen molar-refractivity contribution >= 4 is 43.9 Å². The van der Waals surface area contributed by atoms with E-state index in [2.05, 4.69) is 20.1 Å². The minimum absolute atomic E-state index is 0.0925. The molecule has 0 atom stereocenters. The Kier molecular flexibility index (Phi) is 3.73. The van der Waals surface area contributed by atoms with E-state index >= 15 is 0 Å². The molecule has 0 bridgehead atoms. The minimum Gasteiger partial charge on any atom is -0.326 e. The predicted octanol–water partition coefficient (Wildman–Crippen LogP) is 2.32. The summed E-state index contributed by atoms with van der Waals surface area (Å²) in [5.74, 6) is -0.0376. The van der Waals surface area contributed by atoms with Crippen molar-refractivity contribution in [2.75, 3.05) is 10.0 Å². The number of anilines is 2. The number of carbonyl (C=O) groups excluding carboxylic acids is 1. The summed E-state index contributed by atoms with van der Waals surface area (Å²) in [6.07, 6.45) is 1.37. The van der Waals surface area contributed by atoms with Crippen LogP contribution in [0, 0.1) is 0 Å². The van der Waals surface area contributed by atoms with Crippen LogP contribution in [0.1, 0.15) is 19.8 Å². The van der Waals surface area contributed by atoms with Crippen LogP contribution in [0.5, 0.6) is 0 Å². The topological polar surface area (TPSA) is 105 Å². The number of carbonyl (C=O) groups is 1. The Labute approximate surface area is 147 Å². The van der Waals surface area contributed by atoms with Crippen LogP contribution in [0.25, 0.3) is 16.2 Å². The Morgan fingerprint density at radius 2 is 2.00 bits per heavy atom. The van der Waals surface area contributed by atoms with Gasteiger partial charge in [0.25, 0.3) is 5.95 Å². The van der Waals surface area contributed by atoms with Gasteiger partial charge in [0.05, 0.1) is 10.9 Å². The Hall–Kier alpha value is -2.46. The lowest BCUT2D eigenvalue weighted by Gasteiger charge is -2.04. The second kappa shape index (κ2) is 5.81. The summed E-state index contributed by atoms with van der Waals surface area (Å²) in [7, 11) is -3.38. The molecule has 1 aromatic carbocycles. The molecule has 130 valence electrons. The number of fused-ring (bicyclic) bond motifs is 1. The zero-order valence-electron chi connectivity index (χ0n) is 13.3. The van der Waals surface area contributed by atoms with E-state index in [0.29, 0.717) is 23.5 Å². The summed E-state index contributed by atoms with van der Waals surface area (Å²) in [6.45, 7) is 1.45. The first kappa shape index (κ1) is 16.0. The van der Waals surface area contributed by atoms with Crippen molar-refractivity contribution in [3.05, 3.63) is 29.6 Å². The van der Waals surface area contributed by atoms with Crippen LogP contribution in [0.3, 0.4) is 0 Å². The van der Waals surface area contributed by atoms with Crippen molar-refractivity contribution in [2.45, 2.75) is 25.0 Å². The van der Waals surface area contributed by atoms with E-state index in [1.165, 1.54) is 18.3 Å². The van der Waals surface area contributed by atoms with Gasteiger partial charge in [-0.05, 0) is 25.0 Å². The van der Waals surface area contributed by atoms with E-state index in [0.717, 1.165) is 11.3 Å². The molecule has 1 amide bonds. The highest BCUT2D eigenvalue weighted by molar-refractivity contribution is 7.93. The number of thiazole rings is 1. The molecule has 4 rings (SSSR count). The van der Waals surface area contributed by atoms with Crippen molar-refractivity contribution < 1.29 is 13.2 Å². The maximum atomic E-state index is 12.0. The standard InChI is InChI=1S/C15H15N5O3S2/c1-9(21)16-11-4-2-10(3-5-11)13-8-24-15-17-14(18-20(13)15)19-25(22,23)12-6-7-12/h2-5,8,12H,6-7H2,1H3,(H,16,21)(H,18,19). The highest BCUT2D eigenvalue weighted by Crippen LogP contribution is 2.30. The lowest BCUT2D eigenvalue weighted by atomic mass is 10.1. The molecule has 8 nitrogen and oxygen atoms in total. The third kappa shape index (κ3) is 3.22. The fourth-order valence-electron chi connectivity index (χ4n) is 2.44. The number of hydrogen-bond acceptors (Lipinski definition) is 6. The molecule has 2 aromatic heterocycles. The van der Waals surface area contributed by atoms with Gasteiger partial charge >= 0.3 is 0 Å². The van der Waals surface area contributed by atoms with Crippen LogP contribution in [0.4, 0.5) is 11.6 Å². The number of amides is 1. The lowest BCUT2D eigenvalue weighted by Crippen LogP contribution is -2.18. The van der Waals surface area contributed by atoms with E-state index < -0.39 is 10.0 Å². The molecule has 0 radical (unpaired) electrons. The largest absolute Gasteiger partial charge is 0.326 e. The Balaban J connectivity index is 1.63. The van der Waals surface area contributed by atoms with Gasteiger partial charge in [-0.1, -0.05) is 12.1 Å². The number of aromatic nitrogens is 3. The molecule has 0 aliphatic heterocycles. The Bertz CT molecular complexity index is 1050. The molecule has 2 N–H and O–H groups in total. The van der Waals surface area contributed by atoms with E-state index in [9.17, 15) is 13.2 Å². The molecule has 1 aliphatic carbocycles. The zero-order valence-corrected chi connectivity index (χ0v) is 14.9. The van der Waals surface area contributed by atoms with Crippen LogP contribution in [0.15, 0.2) is 29.6 Å². The van der Waals surface area contributed by atoms with Gasteiger partial charge in [0.15, 0.2) is 0 Å². The summed E-state index contributed by atoms with van der Waals surface area (Å²) < 4.78 is 28.1. The van der Waals surface area contributed by atoms with Crippen LogP contribution in [-0.4, -0.2) is 34.2 Å². The molecule has 10 heteroatoms. The number of rotatable bonds is 5. The first-order valence-corrected chi connectivity index (χ1v) is 10.1. The molecule has 2 heterocycles. The maximum Gasteiger partial charge on any atom is 0.257 e. The molecule has 0 spiro atoms. The molecule has 1 saturated carbocycles. The normalized spacial score (nSPS) is 14.6. The second-order valence-corrected chi connectivity index (χ2v) is 8.65. The van der Waals surface area contributed by atoms with Crippen LogP contribution in [-0.2, 0) is 14.8 Å². The number of nitrogens with one attached hydrogen (secondary N) is 2. The average molecular weight is 377 g/mol. The first-order valence-electron chi connectivity index (χ1n) is 7.66. The molecular formula is C15H15N5O3S2. The summed E-state index contributed by atoms with van der Waals surface area (Å²) in [4.78, 5) is 15.9. The molecule has 25 heavy (non-hydrogen) atoms. The van der Waals surface area contributed by atoms with Gasteiger partial charge in [-0.15, -0.1) is 16.4 Å². The van der Waals surface area contributed by atoms with E-state index in [1.54, 1.807) is 16.6 Å². The molecule has 0 unspecified atom stereocenters. The van der Waals surface area contributed by atoms with Crippen molar-refractivity contribution in [2.24, 2.45) is 0 Å². The van der Waals surface area contributed by atoms with Crippen molar-refractivity contribution in [3.63, 3.8) is 0 Å². The molecule has 3 aromatic rings. The third-order valence-corrected chi connectivity index (χ3v) is 6.41. The summed E-state index contributed by atoms with van der Waals surface area (Å²) in [5.41, 5.74) is 2.40. The van der Waals surface area contributed by atoms with Gasteiger partial charge in [0.1, 0.15) is 0 Å². The monoisotopic (exact) mass is 377 g/mol. The molecule has 1 fully saturated rings. The van der Waals surface area contributed by atoms with Gasteiger partial charge in [-0.3, -0.25) is 4.79 Å². The first-order chi connectivity index (χ1) is 11.9. The highest BCUT2D eigenvalue weighted by Gasteiger charge is 2.36. The highest BCUT2D eigenvalue weighted by atomic mass is 32.2. The van der Waals surface area contributed by atoms with E-state index in [4.69, 9.17) is 0 Å². The third-order valence-electron chi connectivity index (χ3n) is 3.78. The summed E-state index contributed by atoms with van der Waals surface area (Å²) in [6, 6.07) is 7.33. The fourth-order valence-corrected chi connectivity index (χ4v) is 4.53. The molecule has 1 aliphatic rings. The quantitative estimate of drug-likeness (QED) is 0.710. The number of nitrogens with zero attached hydrogens (tertiary/aromatic N) is 3. The molecule has 0 saturated heterocycles. The van der Waals surface area contributed by atoms with E-state index in [-0.39, 0.29) is 17.1 Å². The summed E-state index contributed by atoms with van der Waals surface area (Å²) >= 11 is 1.38. The predicted molar refractivity (Wildman–Crippen MR) is 96.2 cm³/mol. The Morgan fingerprint density at radius 1 is 1.28 bits per heavy atom. The number of sulfonamides is 1.